The zero-order valence-corrected chi connectivity index (χ0v) is 10.9. The number of Topliss-reactive ketones (excluding diaryl/α,β-unsaturated/α-hetero) is 1. The van der Waals surface area contributed by atoms with E-state index < -0.39 is 10.8 Å². The number of rotatable bonds is 2. The van der Waals surface area contributed by atoms with Crippen LogP contribution in [-0.4, -0.2) is 18.4 Å². The fraction of sp³-hybridized carbons (Fsp3) is 0.846. The topological polar surface area (TPSA) is 43.4 Å². The van der Waals surface area contributed by atoms with Gasteiger partial charge in [0.1, 0.15) is 5.41 Å². The lowest BCUT2D eigenvalue weighted by Gasteiger charge is -2.43. The Bertz CT molecular complexity index is 306. The van der Waals surface area contributed by atoms with Gasteiger partial charge in [-0.15, -0.1) is 0 Å². The second-order valence-corrected chi connectivity index (χ2v) is 5.58. The maximum Gasteiger partial charge on any atom is 0.319 e. The molecule has 1 rings (SSSR count). The third kappa shape index (κ3) is 1.87. The SMILES string of the molecule is CCOC(=O)[C@]1(C)C(=O)C(C)(C)CC[C@@H]1C. The highest BCUT2D eigenvalue weighted by Gasteiger charge is 2.55. The minimum atomic E-state index is -0.961. The van der Waals surface area contributed by atoms with Crippen molar-refractivity contribution in [3.8, 4) is 0 Å². The minimum Gasteiger partial charge on any atom is -0.465 e. The summed E-state index contributed by atoms with van der Waals surface area (Å²) < 4.78 is 5.06. The summed E-state index contributed by atoms with van der Waals surface area (Å²) in [6, 6.07) is 0. The molecular formula is C13H22O3. The van der Waals surface area contributed by atoms with E-state index in [4.69, 9.17) is 4.74 Å². The van der Waals surface area contributed by atoms with Crippen LogP contribution in [0, 0.1) is 16.7 Å². The van der Waals surface area contributed by atoms with Gasteiger partial charge in [-0.1, -0.05) is 20.8 Å². The first-order valence-electron chi connectivity index (χ1n) is 5.99. The monoisotopic (exact) mass is 226 g/mol. The molecule has 0 bridgehead atoms. The van der Waals surface area contributed by atoms with Gasteiger partial charge in [0.05, 0.1) is 6.61 Å². The van der Waals surface area contributed by atoms with Crippen LogP contribution < -0.4 is 0 Å². The summed E-state index contributed by atoms with van der Waals surface area (Å²) in [5.41, 5.74) is -1.37. The molecule has 1 fully saturated rings. The van der Waals surface area contributed by atoms with Gasteiger partial charge < -0.3 is 4.74 Å². The highest BCUT2D eigenvalue weighted by atomic mass is 16.5. The molecule has 3 nitrogen and oxygen atoms in total. The number of carbonyl (C=O) groups excluding carboxylic acids is 2. The molecule has 3 heteroatoms. The maximum absolute atomic E-state index is 12.4. The van der Waals surface area contributed by atoms with Gasteiger partial charge in [0.2, 0.25) is 0 Å². The number of ether oxygens (including phenoxy) is 1. The predicted octanol–water partition coefficient (Wildman–Crippen LogP) is 2.58. The first kappa shape index (κ1) is 13.2. The van der Waals surface area contributed by atoms with Gasteiger partial charge in [0.15, 0.2) is 5.78 Å². The third-order valence-electron chi connectivity index (χ3n) is 3.97. The molecule has 2 atom stereocenters. The van der Waals surface area contributed by atoms with Crippen molar-refractivity contribution in [1.29, 1.82) is 0 Å². The van der Waals surface area contributed by atoms with Crippen LogP contribution in [0.4, 0.5) is 0 Å². The molecule has 1 saturated carbocycles. The van der Waals surface area contributed by atoms with Crippen molar-refractivity contribution in [3.63, 3.8) is 0 Å². The average Bonchev–Trinajstić information content (AvgIpc) is 2.22. The largest absolute Gasteiger partial charge is 0.465 e. The molecule has 1 aliphatic carbocycles. The Morgan fingerprint density at radius 3 is 2.50 bits per heavy atom. The summed E-state index contributed by atoms with van der Waals surface area (Å²) >= 11 is 0. The number of carbonyl (C=O) groups is 2. The van der Waals surface area contributed by atoms with E-state index in [2.05, 4.69) is 0 Å². The molecule has 1 aliphatic rings. The normalized spacial score (nSPS) is 33.6. The highest BCUT2D eigenvalue weighted by molar-refractivity contribution is 6.06. The van der Waals surface area contributed by atoms with Crippen LogP contribution in [-0.2, 0) is 14.3 Å². The van der Waals surface area contributed by atoms with Crippen molar-refractivity contribution in [2.45, 2.75) is 47.5 Å². The van der Waals surface area contributed by atoms with Crippen LogP contribution in [0.3, 0.4) is 0 Å². The Labute approximate surface area is 97.5 Å². The Kier molecular flexibility index (Phi) is 3.46. The van der Waals surface area contributed by atoms with E-state index >= 15 is 0 Å². The van der Waals surface area contributed by atoms with Crippen LogP contribution >= 0.6 is 0 Å². The molecule has 16 heavy (non-hydrogen) atoms. The number of esters is 1. The lowest BCUT2D eigenvalue weighted by Crippen LogP contribution is -2.52. The number of hydrogen-bond donors (Lipinski definition) is 0. The lowest BCUT2D eigenvalue weighted by atomic mass is 9.58. The third-order valence-corrected chi connectivity index (χ3v) is 3.97. The van der Waals surface area contributed by atoms with Crippen LogP contribution in [0.15, 0.2) is 0 Å². The average molecular weight is 226 g/mol. The number of ketones is 1. The summed E-state index contributed by atoms with van der Waals surface area (Å²) in [4.78, 5) is 24.4. The van der Waals surface area contributed by atoms with E-state index in [0.29, 0.717) is 6.61 Å². The second kappa shape index (κ2) is 4.19. The molecule has 0 amide bonds. The van der Waals surface area contributed by atoms with Crippen LogP contribution in [0.1, 0.15) is 47.5 Å². The van der Waals surface area contributed by atoms with Crippen LogP contribution in [0.25, 0.3) is 0 Å². The summed E-state index contributed by atoms with van der Waals surface area (Å²) in [6.45, 7) is 9.62. The fourth-order valence-electron chi connectivity index (χ4n) is 2.48. The van der Waals surface area contributed by atoms with Gasteiger partial charge in [-0.2, -0.15) is 0 Å². The maximum atomic E-state index is 12.4. The van der Waals surface area contributed by atoms with Crippen LogP contribution in [0.5, 0.6) is 0 Å². The predicted molar refractivity (Wildman–Crippen MR) is 61.9 cm³/mol. The summed E-state index contributed by atoms with van der Waals surface area (Å²) in [5, 5.41) is 0. The molecule has 0 aromatic heterocycles. The van der Waals surface area contributed by atoms with Crippen molar-refractivity contribution in [2.24, 2.45) is 16.7 Å². The van der Waals surface area contributed by atoms with Gasteiger partial charge in [-0.3, -0.25) is 9.59 Å². The molecule has 92 valence electrons. The molecule has 0 saturated heterocycles. The Morgan fingerprint density at radius 1 is 1.44 bits per heavy atom. The van der Waals surface area contributed by atoms with Crippen molar-refractivity contribution in [3.05, 3.63) is 0 Å². The van der Waals surface area contributed by atoms with Gasteiger partial charge >= 0.3 is 5.97 Å². The van der Waals surface area contributed by atoms with Gasteiger partial charge in [-0.25, -0.2) is 0 Å². The Morgan fingerprint density at radius 2 is 2.00 bits per heavy atom. The van der Waals surface area contributed by atoms with E-state index in [1.165, 1.54) is 0 Å². The Balaban J connectivity index is 3.06. The van der Waals surface area contributed by atoms with Gasteiger partial charge in [0, 0.05) is 5.41 Å². The molecule has 0 unspecified atom stereocenters. The van der Waals surface area contributed by atoms with E-state index in [1.54, 1.807) is 13.8 Å². The summed E-state index contributed by atoms with van der Waals surface area (Å²) in [6.07, 6.45) is 1.75. The van der Waals surface area contributed by atoms with Crippen molar-refractivity contribution in [1.82, 2.24) is 0 Å². The zero-order chi connectivity index (χ0) is 12.6. The first-order chi connectivity index (χ1) is 7.26. The molecule has 0 aromatic carbocycles. The minimum absolute atomic E-state index is 0.0252. The summed E-state index contributed by atoms with van der Waals surface area (Å²) in [7, 11) is 0. The van der Waals surface area contributed by atoms with Crippen molar-refractivity contribution in [2.75, 3.05) is 6.61 Å². The van der Waals surface area contributed by atoms with Gasteiger partial charge in [-0.05, 0) is 32.6 Å². The van der Waals surface area contributed by atoms with E-state index in [0.717, 1.165) is 12.8 Å². The molecule has 0 spiro atoms. The molecule has 0 radical (unpaired) electrons. The van der Waals surface area contributed by atoms with Gasteiger partial charge in [0.25, 0.3) is 0 Å². The first-order valence-corrected chi connectivity index (χ1v) is 5.99. The molecular weight excluding hydrogens is 204 g/mol. The molecule has 0 heterocycles. The van der Waals surface area contributed by atoms with Crippen molar-refractivity contribution < 1.29 is 14.3 Å². The summed E-state index contributed by atoms with van der Waals surface area (Å²) in [5.74, 6) is -0.274. The molecule has 0 aromatic rings. The lowest BCUT2D eigenvalue weighted by molar-refractivity contribution is -0.169. The Hall–Kier alpha value is -0.860. The second-order valence-electron chi connectivity index (χ2n) is 5.58. The quantitative estimate of drug-likeness (QED) is 0.537. The van der Waals surface area contributed by atoms with E-state index in [9.17, 15) is 9.59 Å². The van der Waals surface area contributed by atoms with Crippen LogP contribution in [0.2, 0.25) is 0 Å². The van der Waals surface area contributed by atoms with Crippen molar-refractivity contribution >= 4 is 11.8 Å². The fourth-order valence-corrected chi connectivity index (χ4v) is 2.48. The number of hydrogen-bond acceptors (Lipinski definition) is 3. The van der Waals surface area contributed by atoms with E-state index in [1.807, 2.05) is 20.8 Å². The molecule has 0 aliphatic heterocycles. The highest BCUT2D eigenvalue weighted by Crippen LogP contribution is 2.46. The molecule has 0 N–H and O–H groups in total. The zero-order valence-electron chi connectivity index (χ0n) is 10.9. The van der Waals surface area contributed by atoms with E-state index in [-0.39, 0.29) is 17.7 Å². The standard InChI is InChI=1S/C13H22O3/c1-6-16-11(15)13(5)9(2)7-8-12(3,4)10(13)14/h9H,6-8H2,1-5H3/t9-,13-/m0/s1. The smallest absolute Gasteiger partial charge is 0.319 e.